The summed E-state index contributed by atoms with van der Waals surface area (Å²) in [7, 11) is 0. The van der Waals surface area contributed by atoms with Crippen molar-refractivity contribution < 1.29 is 13.6 Å². The molecular formula is C25H30F2O. The van der Waals surface area contributed by atoms with E-state index in [0.29, 0.717) is 11.5 Å². The summed E-state index contributed by atoms with van der Waals surface area (Å²) < 4.78 is 28.5. The molecule has 0 radical (unpaired) electrons. The van der Waals surface area contributed by atoms with E-state index in [1.165, 1.54) is 76.0 Å². The Labute approximate surface area is 167 Å². The maximum Gasteiger partial charge on any atom is 0.170 e. The fraction of sp³-hybridized carbons (Fsp3) is 0.480. The van der Waals surface area contributed by atoms with Crippen LogP contribution in [0.15, 0.2) is 36.4 Å². The molecule has 150 valence electrons. The molecule has 1 aliphatic rings. The van der Waals surface area contributed by atoms with Crippen LogP contribution in [0.5, 0.6) is 0 Å². The van der Waals surface area contributed by atoms with Crippen LogP contribution in [0.4, 0.5) is 8.78 Å². The molecule has 0 unspecified atom stereocenters. The number of rotatable bonds is 7. The Balaban J connectivity index is 1.66. The fourth-order valence-electron chi connectivity index (χ4n) is 4.45. The van der Waals surface area contributed by atoms with Gasteiger partial charge in [-0.1, -0.05) is 62.9 Å². The number of benzene rings is 2. The third-order valence-corrected chi connectivity index (χ3v) is 6.22. The second kappa shape index (κ2) is 9.45. The summed E-state index contributed by atoms with van der Waals surface area (Å²) in [6.45, 7) is 3.49. The lowest BCUT2D eigenvalue weighted by molar-refractivity contribution is 0.101. The van der Waals surface area contributed by atoms with Crippen LogP contribution in [-0.4, -0.2) is 5.78 Å². The summed E-state index contributed by atoms with van der Waals surface area (Å²) in [4.78, 5) is 11.4. The Morgan fingerprint density at radius 2 is 1.61 bits per heavy atom. The molecule has 0 heterocycles. The van der Waals surface area contributed by atoms with E-state index >= 15 is 0 Å². The van der Waals surface area contributed by atoms with E-state index in [1.807, 2.05) is 24.3 Å². The molecule has 1 saturated carbocycles. The summed E-state index contributed by atoms with van der Waals surface area (Å²) in [6, 6.07) is 10.7. The molecule has 28 heavy (non-hydrogen) atoms. The van der Waals surface area contributed by atoms with Gasteiger partial charge in [-0.25, -0.2) is 8.78 Å². The van der Waals surface area contributed by atoms with E-state index in [2.05, 4.69) is 6.92 Å². The molecule has 2 aromatic carbocycles. The summed E-state index contributed by atoms with van der Waals surface area (Å²) >= 11 is 0. The molecule has 2 aromatic rings. The standard InChI is InChI=1S/C25H30F2O/c1-3-4-5-6-18-7-9-19(10-8-18)20-11-13-21(14-12-20)23-16-15-22(17(2)28)24(26)25(23)27/h11-16,18-19H,3-10H2,1-2H3. The van der Waals surface area contributed by atoms with Gasteiger partial charge in [0.05, 0.1) is 5.56 Å². The van der Waals surface area contributed by atoms with Crippen LogP contribution < -0.4 is 0 Å². The number of carbonyl (C=O) groups excluding carboxylic acids is 1. The highest BCUT2D eigenvalue weighted by molar-refractivity contribution is 5.94. The Bertz CT molecular complexity index is 802. The molecule has 0 aromatic heterocycles. The lowest BCUT2D eigenvalue weighted by Crippen LogP contribution is -2.13. The fourth-order valence-corrected chi connectivity index (χ4v) is 4.45. The first-order valence-electron chi connectivity index (χ1n) is 10.6. The Hall–Kier alpha value is -2.03. The minimum atomic E-state index is -1.06. The normalized spacial score (nSPS) is 19.6. The monoisotopic (exact) mass is 384 g/mol. The number of hydrogen-bond donors (Lipinski definition) is 0. The van der Waals surface area contributed by atoms with Gasteiger partial charge in [-0.15, -0.1) is 0 Å². The zero-order valence-corrected chi connectivity index (χ0v) is 16.9. The highest BCUT2D eigenvalue weighted by Crippen LogP contribution is 2.38. The molecule has 1 fully saturated rings. The van der Waals surface area contributed by atoms with Crippen molar-refractivity contribution in [2.75, 3.05) is 0 Å². The highest BCUT2D eigenvalue weighted by Gasteiger charge is 2.22. The van der Waals surface area contributed by atoms with Crippen LogP contribution in [0.3, 0.4) is 0 Å². The SMILES string of the molecule is CCCCCC1CCC(c2ccc(-c3ccc(C(C)=O)c(F)c3F)cc2)CC1. The van der Waals surface area contributed by atoms with Crippen LogP contribution in [-0.2, 0) is 0 Å². The van der Waals surface area contributed by atoms with Crippen LogP contribution in [0.2, 0.25) is 0 Å². The third-order valence-electron chi connectivity index (χ3n) is 6.22. The van der Waals surface area contributed by atoms with Gasteiger partial charge in [0.1, 0.15) is 0 Å². The average molecular weight is 385 g/mol. The van der Waals surface area contributed by atoms with Gasteiger partial charge < -0.3 is 0 Å². The van der Waals surface area contributed by atoms with Crippen molar-refractivity contribution in [1.29, 1.82) is 0 Å². The molecule has 1 nitrogen and oxygen atoms in total. The molecular weight excluding hydrogens is 354 g/mol. The number of unbranched alkanes of at least 4 members (excludes halogenated alkanes) is 2. The van der Waals surface area contributed by atoms with E-state index in [4.69, 9.17) is 0 Å². The van der Waals surface area contributed by atoms with Crippen LogP contribution in [0, 0.1) is 17.6 Å². The summed E-state index contributed by atoms with van der Waals surface area (Å²) in [5, 5.41) is 0. The van der Waals surface area contributed by atoms with Crippen molar-refractivity contribution in [2.24, 2.45) is 5.92 Å². The molecule has 0 amide bonds. The molecule has 3 rings (SSSR count). The van der Waals surface area contributed by atoms with E-state index in [-0.39, 0.29) is 11.1 Å². The lowest BCUT2D eigenvalue weighted by Gasteiger charge is -2.29. The predicted molar refractivity (Wildman–Crippen MR) is 111 cm³/mol. The zero-order valence-electron chi connectivity index (χ0n) is 16.9. The topological polar surface area (TPSA) is 17.1 Å². The predicted octanol–water partition coefficient (Wildman–Crippen LogP) is 7.69. The molecule has 3 heteroatoms. The van der Waals surface area contributed by atoms with Crippen molar-refractivity contribution >= 4 is 5.78 Å². The molecule has 1 aliphatic carbocycles. The smallest absolute Gasteiger partial charge is 0.170 e. The van der Waals surface area contributed by atoms with Gasteiger partial charge >= 0.3 is 0 Å². The first-order valence-corrected chi connectivity index (χ1v) is 10.6. The van der Waals surface area contributed by atoms with Gasteiger partial charge in [0.25, 0.3) is 0 Å². The Kier molecular flexibility index (Phi) is 6.98. The van der Waals surface area contributed by atoms with Gasteiger partial charge in [-0.2, -0.15) is 0 Å². The quantitative estimate of drug-likeness (QED) is 0.353. The van der Waals surface area contributed by atoms with Gasteiger partial charge in [-0.05, 0) is 61.6 Å². The van der Waals surface area contributed by atoms with Crippen LogP contribution in [0.1, 0.15) is 87.1 Å². The maximum absolute atomic E-state index is 14.4. The lowest BCUT2D eigenvalue weighted by atomic mass is 9.77. The Morgan fingerprint density at radius 1 is 0.929 bits per heavy atom. The number of Topliss-reactive ketones (excluding diaryl/α,β-unsaturated/α-hetero) is 1. The van der Waals surface area contributed by atoms with Crippen molar-refractivity contribution in [2.45, 2.75) is 71.1 Å². The number of carbonyl (C=O) groups is 1. The average Bonchev–Trinajstić information content (AvgIpc) is 2.71. The minimum Gasteiger partial charge on any atom is -0.294 e. The minimum absolute atomic E-state index is 0.200. The molecule has 0 N–H and O–H groups in total. The second-order valence-corrected chi connectivity index (χ2v) is 8.18. The first-order chi connectivity index (χ1) is 13.5. The van der Waals surface area contributed by atoms with Crippen LogP contribution >= 0.6 is 0 Å². The number of halogens is 2. The second-order valence-electron chi connectivity index (χ2n) is 8.18. The van der Waals surface area contributed by atoms with Crippen molar-refractivity contribution in [1.82, 2.24) is 0 Å². The molecule has 0 atom stereocenters. The van der Waals surface area contributed by atoms with E-state index in [9.17, 15) is 13.6 Å². The largest absolute Gasteiger partial charge is 0.294 e. The zero-order chi connectivity index (χ0) is 20.1. The summed E-state index contributed by atoms with van der Waals surface area (Å²) in [6.07, 6.45) is 10.4. The van der Waals surface area contributed by atoms with Gasteiger partial charge in [-0.3, -0.25) is 4.79 Å². The number of hydrogen-bond acceptors (Lipinski definition) is 1. The maximum atomic E-state index is 14.4. The summed E-state index contributed by atoms with van der Waals surface area (Å²) in [5.41, 5.74) is 1.93. The van der Waals surface area contributed by atoms with Gasteiger partial charge in [0.15, 0.2) is 17.4 Å². The highest BCUT2D eigenvalue weighted by atomic mass is 19.2. The molecule has 0 saturated heterocycles. The van der Waals surface area contributed by atoms with Crippen LogP contribution in [0.25, 0.3) is 11.1 Å². The molecule has 0 bridgehead atoms. The van der Waals surface area contributed by atoms with E-state index < -0.39 is 17.4 Å². The van der Waals surface area contributed by atoms with Crippen molar-refractivity contribution in [3.8, 4) is 11.1 Å². The van der Waals surface area contributed by atoms with Crippen molar-refractivity contribution in [3.05, 3.63) is 59.2 Å². The van der Waals surface area contributed by atoms with E-state index in [0.717, 1.165) is 5.92 Å². The van der Waals surface area contributed by atoms with Gasteiger partial charge in [0, 0.05) is 5.56 Å². The summed E-state index contributed by atoms with van der Waals surface area (Å²) in [5.74, 6) is -1.04. The number of ketones is 1. The van der Waals surface area contributed by atoms with Gasteiger partial charge in [0.2, 0.25) is 0 Å². The third kappa shape index (κ3) is 4.68. The first kappa shape index (κ1) is 20.7. The molecule has 0 spiro atoms. The molecule has 0 aliphatic heterocycles. The van der Waals surface area contributed by atoms with E-state index in [1.54, 1.807) is 0 Å². The van der Waals surface area contributed by atoms with Crippen molar-refractivity contribution in [3.63, 3.8) is 0 Å². The Morgan fingerprint density at radius 3 is 2.21 bits per heavy atom.